The number of benzene rings is 1. The van der Waals surface area contributed by atoms with Crippen molar-refractivity contribution in [1.82, 2.24) is 9.78 Å². The van der Waals surface area contributed by atoms with Crippen molar-refractivity contribution in [2.24, 2.45) is 12.8 Å². The van der Waals surface area contributed by atoms with Crippen molar-refractivity contribution < 1.29 is 9.13 Å². The van der Waals surface area contributed by atoms with E-state index >= 15 is 0 Å². The summed E-state index contributed by atoms with van der Waals surface area (Å²) in [6.45, 7) is 3.90. The van der Waals surface area contributed by atoms with E-state index in [9.17, 15) is 4.39 Å². The molecule has 6 heteroatoms. The maximum atomic E-state index is 13.3. The molecule has 0 saturated heterocycles. The number of halogens is 2. The number of ether oxygens (including phenoxy) is 1. The minimum Gasteiger partial charge on any atom is -0.488 e. The van der Waals surface area contributed by atoms with Crippen LogP contribution in [-0.2, 0) is 13.7 Å². The summed E-state index contributed by atoms with van der Waals surface area (Å²) in [5.41, 5.74) is 8.18. The number of nitrogens with zero attached hydrogens (tertiary/aromatic N) is 2. The van der Waals surface area contributed by atoms with Crippen LogP contribution in [0.3, 0.4) is 0 Å². The van der Waals surface area contributed by atoms with Crippen LogP contribution in [0.2, 0.25) is 5.15 Å². The quantitative estimate of drug-likeness (QED) is 0.943. The molecule has 0 aliphatic heterocycles. The van der Waals surface area contributed by atoms with Gasteiger partial charge < -0.3 is 10.5 Å². The molecule has 1 heterocycles. The van der Waals surface area contributed by atoms with Crippen LogP contribution in [0, 0.1) is 12.7 Å². The zero-order valence-electron chi connectivity index (χ0n) is 11.7. The highest BCUT2D eigenvalue weighted by Gasteiger charge is 2.14. The van der Waals surface area contributed by atoms with Crippen molar-refractivity contribution in [2.45, 2.75) is 26.5 Å². The third kappa shape index (κ3) is 2.94. The smallest absolute Gasteiger partial charge is 0.133 e. The molecule has 1 aromatic carbocycles. The number of aryl methyl sites for hydroxylation is 2. The molecule has 4 nitrogen and oxygen atoms in total. The summed E-state index contributed by atoms with van der Waals surface area (Å²) in [6, 6.07) is 4.09. The van der Waals surface area contributed by atoms with Gasteiger partial charge in [-0.05, 0) is 19.9 Å². The molecule has 0 bridgehead atoms. The number of aromatic nitrogens is 2. The lowest BCUT2D eigenvalue weighted by Gasteiger charge is -2.14. The number of rotatable bonds is 4. The van der Waals surface area contributed by atoms with Gasteiger partial charge in [-0.1, -0.05) is 17.7 Å². The standard InChI is InChI=1S/C14H17ClFN3O/c1-8(17)11-5-4-10(16)6-13(11)20-7-12-9(2)18-19(3)14(12)15/h4-6,8H,7,17H2,1-3H3. The van der Waals surface area contributed by atoms with Gasteiger partial charge in [0.2, 0.25) is 0 Å². The number of hydrogen-bond acceptors (Lipinski definition) is 3. The Bertz CT molecular complexity index is 625. The minimum atomic E-state index is -0.363. The second kappa shape index (κ2) is 5.81. The second-order valence-corrected chi connectivity index (χ2v) is 5.10. The van der Waals surface area contributed by atoms with Gasteiger partial charge in [0, 0.05) is 30.3 Å². The molecular formula is C14H17ClFN3O. The lowest BCUT2D eigenvalue weighted by Crippen LogP contribution is -2.08. The van der Waals surface area contributed by atoms with Crippen LogP contribution in [0.4, 0.5) is 4.39 Å². The highest BCUT2D eigenvalue weighted by molar-refractivity contribution is 6.30. The van der Waals surface area contributed by atoms with Crippen LogP contribution >= 0.6 is 11.6 Å². The lowest BCUT2D eigenvalue weighted by molar-refractivity contribution is 0.299. The average molecular weight is 298 g/mol. The first kappa shape index (κ1) is 14.8. The van der Waals surface area contributed by atoms with Crippen LogP contribution in [0.25, 0.3) is 0 Å². The van der Waals surface area contributed by atoms with E-state index in [0.717, 1.165) is 16.8 Å². The molecule has 0 aliphatic rings. The van der Waals surface area contributed by atoms with Gasteiger partial charge in [0.25, 0.3) is 0 Å². The minimum absolute atomic E-state index is 0.224. The highest BCUT2D eigenvalue weighted by Crippen LogP contribution is 2.27. The Kier molecular flexibility index (Phi) is 4.30. The van der Waals surface area contributed by atoms with Gasteiger partial charge in [-0.3, -0.25) is 4.68 Å². The fourth-order valence-electron chi connectivity index (χ4n) is 2.00. The van der Waals surface area contributed by atoms with E-state index in [2.05, 4.69) is 5.10 Å². The topological polar surface area (TPSA) is 53.1 Å². The summed E-state index contributed by atoms with van der Waals surface area (Å²) < 4.78 is 20.6. The Morgan fingerprint density at radius 1 is 1.50 bits per heavy atom. The maximum absolute atomic E-state index is 13.3. The fraction of sp³-hybridized carbons (Fsp3) is 0.357. The highest BCUT2D eigenvalue weighted by atomic mass is 35.5. The van der Waals surface area contributed by atoms with E-state index in [0.29, 0.717) is 10.9 Å². The zero-order chi connectivity index (χ0) is 14.9. The van der Waals surface area contributed by atoms with Gasteiger partial charge in [-0.15, -0.1) is 0 Å². The first-order valence-electron chi connectivity index (χ1n) is 6.26. The molecular weight excluding hydrogens is 281 g/mol. The average Bonchev–Trinajstić information content (AvgIpc) is 2.61. The van der Waals surface area contributed by atoms with Gasteiger partial charge >= 0.3 is 0 Å². The summed E-state index contributed by atoms with van der Waals surface area (Å²) in [5.74, 6) is 0.0673. The largest absolute Gasteiger partial charge is 0.488 e. The van der Waals surface area contributed by atoms with Gasteiger partial charge in [0.1, 0.15) is 23.3 Å². The van der Waals surface area contributed by atoms with Crippen LogP contribution in [-0.4, -0.2) is 9.78 Å². The Balaban J connectivity index is 2.24. The summed E-state index contributed by atoms with van der Waals surface area (Å²) in [5, 5.41) is 4.72. The summed E-state index contributed by atoms with van der Waals surface area (Å²) >= 11 is 6.14. The predicted octanol–water partition coefficient (Wildman–Crippen LogP) is 3.12. The van der Waals surface area contributed by atoms with Crippen molar-refractivity contribution in [3.8, 4) is 5.75 Å². The summed E-state index contributed by atoms with van der Waals surface area (Å²) in [4.78, 5) is 0. The van der Waals surface area contributed by atoms with Crippen molar-refractivity contribution in [1.29, 1.82) is 0 Å². The normalized spacial score (nSPS) is 12.5. The molecule has 0 saturated carbocycles. The number of hydrogen-bond donors (Lipinski definition) is 1. The number of nitrogens with two attached hydrogens (primary N) is 1. The molecule has 20 heavy (non-hydrogen) atoms. The zero-order valence-corrected chi connectivity index (χ0v) is 12.4. The molecule has 1 unspecified atom stereocenters. The van der Waals surface area contributed by atoms with Crippen LogP contribution in [0.15, 0.2) is 18.2 Å². The van der Waals surface area contributed by atoms with Crippen molar-refractivity contribution in [2.75, 3.05) is 0 Å². The molecule has 108 valence electrons. The van der Waals surface area contributed by atoms with Crippen LogP contribution in [0.5, 0.6) is 5.75 Å². The molecule has 2 N–H and O–H groups in total. The molecule has 1 atom stereocenters. The van der Waals surface area contributed by atoms with Gasteiger partial charge in [0.15, 0.2) is 0 Å². The Morgan fingerprint density at radius 3 is 2.75 bits per heavy atom. The third-order valence-corrected chi connectivity index (χ3v) is 3.58. The molecule has 0 radical (unpaired) electrons. The molecule has 2 rings (SSSR count). The van der Waals surface area contributed by atoms with E-state index in [4.69, 9.17) is 22.1 Å². The molecule has 0 spiro atoms. The monoisotopic (exact) mass is 297 g/mol. The van der Waals surface area contributed by atoms with Gasteiger partial charge in [-0.25, -0.2) is 4.39 Å². The van der Waals surface area contributed by atoms with E-state index in [1.807, 2.05) is 13.8 Å². The summed E-state index contributed by atoms with van der Waals surface area (Å²) in [7, 11) is 1.76. The first-order valence-corrected chi connectivity index (χ1v) is 6.63. The van der Waals surface area contributed by atoms with Crippen molar-refractivity contribution in [3.05, 3.63) is 46.0 Å². The lowest BCUT2D eigenvalue weighted by atomic mass is 10.1. The maximum Gasteiger partial charge on any atom is 0.133 e. The molecule has 1 aromatic heterocycles. The van der Waals surface area contributed by atoms with E-state index in [-0.39, 0.29) is 18.5 Å². The van der Waals surface area contributed by atoms with Gasteiger partial charge in [-0.2, -0.15) is 5.10 Å². The molecule has 2 aromatic rings. The van der Waals surface area contributed by atoms with E-state index in [1.54, 1.807) is 17.8 Å². The molecule has 0 amide bonds. The Hall–Kier alpha value is -1.59. The summed E-state index contributed by atoms with van der Waals surface area (Å²) in [6.07, 6.45) is 0. The Labute approximate surface area is 122 Å². The van der Waals surface area contributed by atoms with Crippen molar-refractivity contribution >= 4 is 11.6 Å². The van der Waals surface area contributed by atoms with Crippen LogP contribution in [0.1, 0.15) is 29.8 Å². The van der Waals surface area contributed by atoms with Crippen molar-refractivity contribution in [3.63, 3.8) is 0 Å². The third-order valence-electron chi connectivity index (χ3n) is 3.11. The SMILES string of the molecule is Cc1nn(C)c(Cl)c1COc1cc(F)ccc1C(C)N. The molecule has 0 fully saturated rings. The first-order chi connectivity index (χ1) is 9.40. The van der Waals surface area contributed by atoms with E-state index < -0.39 is 0 Å². The molecule has 0 aliphatic carbocycles. The Morgan fingerprint density at radius 2 is 2.20 bits per heavy atom. The van der Waals surface area contributed by atoms with Gasteiger partial charge in [0.05, 0.1) is 5.69 Å². The predicted molar refractivity (Wildman–Crippen MR) is 76.3 cm³/mol. The second-order valence-electron chi connectivity index (χ2n) is 4.74. The van der Waals surface area contributed by atoms with E-state index in [1.165, 1.54) is 12.1 Å². The fourth-order valence-corrected chi connectivity index (χ4v) is 2.23. The van der Waals surface area contributed by atoms with Crippen LogP contribution < -0.4 is 10.5 Å².